The van der Waals surface area contributed by atoms with Crippen molar-refractivity contribution in [1.29, 1.82) is 0 Å². The molecule has 0 fully saturated rings. The summed E-state index contributed by atoms with van der Waals surface area (Å²) in [5.74, 6) is 0.661. The van der Waals surface area contributed by atoms with E-state index in [0.717, 1.165) is 83.7 Å². The van der Waals surface area contributed by atoms with Gasteiger partial charge in [-0.3, -0.25) is 0 Å². The fourth-order valence-electron chi connectivity index (χ4n) is 9.06. The third-order valence-electron chi connectivity index (χ3n) is 11.9. The molecule has 0 spiro atoms. The largest absolute Gasteiger partial charge is 0.309 e. The molecule has 4 aromatic heterocycles. The first-order chi connectivity index (χ1) is 30.7. The topological polar surface area (TPSA) is 48.0 Å². The van der Waals surface area contributed by atoms with E-state index in [1.807, 2.05) is 6.07 Å². The highest BCUT2D eigenvalue weighted by molar-refractivity contribution is 6.10. The van der Waals surface area contributed by atoms with E-state index in [9.17, 15) is 0 Å². The third kappa shape index (κ3) is 5.98. The Hall–Kier alpha value is -8.41. The Morgan fingerprint density at radius 2 is 0.903 bits per heavy atom. The first-order valence-corrected chi connectivity index (χ1v) is 20.9. The van der Waals surface area contributed by atoms with Gasteiger partial charge in [-0.2, -0.15) is 5.10 Å². The van der Waals surface area contributed by atoms with Gasteiger partial charge in [0.2, 0.25) is 0 Å². The van der Waals surface area contributed by atoms with Crippen LogP contribution in [0.5, 0.6) is 0 Å². The van der Waals surface area contributed by atoms with Crippen LogP contribution in [0, 0.1) is 0 Å². The van der Waals surface area contributed by atoms with Crippen molar-refractivity contribution in [3.63, 3.8) is 0 Å². The number of rotatable bonds is 7. The normalized spacial score (nSPS) is 11.5. The van der Waals surface area contributed by atoms with Gasteiger partial charge in [-0.25, -0.2) is 14.5 Å². The van der Waals surface area contributed by atoms with E-state index in [4.69, 9.17) is 15.1 Å². The Kier molecular flexibility index (Phi) is 8.42. The molecule has 62 heavy (non-hydrogen) atoms. The maximum Gasteiger partial charge on any atom is 0.160 e. The predicted octanol–water partition coefficient (Wildman–Crippen LogP) is 14.4. The number of aromatic nitrogens is 5. The number of pyridine rings is 1. The molecule has 0 saturated heterocycles. The lowest BCUT2D eigenvalue weighted by atomic mass is 9.96. The summed E-state index contributed by atoms with van der Waals surface area (Å²) in [6, 6.07) is 79.0. The Balaban J connectivity index is 1.08. The van der Waals surface area contributed by atoms with Crippen LogP contribution in [0.15, 0.2) is 224 Å². The molecule has 0 aliphatic carbocycles. The van der Waals surface area contributed by atoms with Crippen LogP contribution in [0.2, 0.25) is 0 Å². The summed E-state index contributed by atoms with van der Waals surface area (Å²) in [5, 5.41) is 10.0. The first kappa shape index (κ1) is 35.5. The zero-order chi connectivity index (χ0) is 41.0. The van der Waals surface area contributed by atoms with E-state index >= 15 is 0 Å². The Labute approximate surface area is 358 Å². The second-order valence-electron chi connectivity index (χ2n) is 15.7. The lowest BCUT2D eigenvalue weighted by molar-refractivity contribution is 0.979. The van der Waals surface area contributed by atoms with Gasteiger partial charge in [0.25, 0.3) is 0 Å². The van der Waals surface area contributed by atoms with Gasteiger partial charge in [0.05, 0.1) is 33.6 Å². The number of nitrogens with zero attached hydrogens (tertiary/aromatic N) is 5. The molecule has 0 amide bonds. The van der Waals surface area contributed by atoms with Crippen molar-refractivity contribution in [2.45, 2.75) is 0 Å². The number of hydrogen-bond acceptors (Lipinski definition) is 3. The van der Waals surface area contributed by atoms with E-state index < -0.39 is 0 Å². The zero-order valence-electron chi connectivity index (χ0n) is 33.6. The maximum atomic E-state index is 5.41. The molecule has 0 radical (unpaired) electrons. The van der Waals surface area contributed by atoms with Crippen molar-refractivity contribution in [2.75, 3.05) is 0 Å². The predicted molar refractivity (Wildman–Crippen MR) is 255 cm³/mol. The number of benzene rings is 8. The van der Waals surface area contributed by atoms with E-state index in [1.54, 1.807) is 0 Å². The lowest BCUT2D eigenvalue weighted by Gasteiger charge is -2.14. The molecule has 12 aromatic rings. The lowest BCUT2D eigenvalue weighted by Crippen LogP contribution is -1.98. The molecule has 0 unspecified atom stereocenters. The van der Waals surface area contributed by atoms with Crippen molar-refractivity contribution in [1.82, 2.24) is 24.1 Å². The summed E-state index contributed by atoms with van der Waals surface area (Å²) >= 11 is 0. The minimum atomic E-state index is 0.661. The van der Waals surface area contributed by atoms with Crippen molar-refractivity contribution >= 4 is 38.1 Å². The van der Waals surface area contributed by atoms with Gasteiger partial charge in [0.15, 0.2) is 5.82 Å². The van der Waals surface area contributed by atoms with Crippen LogP contribution in [0.1, 0.15) is 0 Å². The van der Waals surface area contributed by atoms with Crippen molar-refractivity contribution in [2.24, 2.45) is 0 Å². The molecule has 4 heterocycles. The van der Waals surface area contributed by atoms with Gasteiger partial charge in [0, 0.05) is 55.2 Å². The summed E-state index contributed by atoms with van der Waals surface area (Å²) in [7, 11) is 0. The van der Waals surface area contributed by atoms with E-state index in [0.29, 0.717) is 5.82 Å². The fraction of sp³-hybridized carbons (Fsp3) is 0. The standard InChI is InChI=1S/C57H37N5/c1-5-18-38(19-6-1)49-37-50(42-26-17-27-45(35-42)61-51-30-15-13-28-47(51)48-29-14-16-31-52(48)61)59-57(58-49)43-32-33-46-44(34-43)36-53(39-20-7-2-8-21-39)62-56(46)54(40-22-9-3-10-23-40)55(60-62)41-24-11-4-12-25-41/h1-37H. The van der Waals surface area contributed by atoms with Crippen LogP contribution in [0.25, 0.3) is 111 Å². The number of para-hydroxylation sites is 2. The molecule has 0 aliphatic rings. The van der Waals surface area contributed by atoms with Crippen molar-refractivity contribution < 1.29 is 0 Å². The molecule has 8 aromatic carbocycles. The second-order valence-corrected chi connectivity index (χ2v) is 15.7. The third-order valence-corrected chi connectivity index (χ3v) is 11.9. The molecule has 0 bridgehead atoms. The molecule has 0 aliphatic heterocycles. The van der Waals surface area contributed by atoms with Crippen LogP contribution in [-0.2, 0) is 0 Å². The first-order valence-electron chi connectivity index (χ1n) is 20.9. The SMILES string of the molecule is c1ccc(-c2cc(-c3cccc(-n4c5ccccc5c5ccccc54)c3)nc(-c3ccc4c(c3)cc(-c3ccccc3)n3nc(-c5ccccc5)c(-c5ccccc5)c43)n2)cc1. The van der Waals surface area contributed by atoms with Crippen LogP contribution < -0.4 is 0 Å². The average molecular weight is 792 g/mol. The van der Waals surface area contributed by atoms with E-state index in [2.05, 4.69) is 227 Å². The molecule has 5 heteroatoms. The summed E-state index contributed by atoms with van der Waals surface area (Å²) in [5.41, 5.74) is 15.5. The fourth-order valence-corrected chi connectivity index (χ4v) is 9.06. The highest BCUT2D eigenvalue weighted by Crippen LogP contribution is 2.42. The summed E-state index contributed by atoms with van der Waals surface area (Å²) in [4.78, 5) is 10.6. The molecule has 0 saturated carbocycles. The molecule has 290 valence electrons. The zero-order valence-corrected chi connectivity index (χ0v) is 33.6. The molecule has 12 rings (SSSR count). The van der Waals surface area contributed by atoms with Gasteiger partial charge >= 0.3 is 0 Å². The summed E-state index contributed by atoms with van der Waals surface area (Å²) in [6.45, 7) is 0. The Morgan fingerprint density at radius 1 is 0.355 bits per heavy atom. The second kappa shape index (κ2) is 14.7. The highest BCUT2D eigenvalue weighted by Gasteiger charge is 2.22. The monoisotopic (exact) mass is 791 g/mol. The van der Waals surface area contributed by atoms with Crippen LogP contribution >= 0.6 is 0 Å². The van der Waals surface area contributed by atoms with Crippen molar-refractivity contribution in [3.05, 3.63) is 224 Å². The van der Waals surface area contributed by atoms with Gasteiger partial charge in [0.1, 0.15) is 5.69 Å². The van der Waals surface area contributed by atoms with Crippen LogP contribution in [0.3, 0.4) is 0 Å². The Morgan fingerprint density at radius 3 is 1.56 bits per heavy atom. The molecular formula is C57H37N5. The summed E-state index contributed by atoms with van der Waals surface area (Å²) in [6.07, 6.45) is 0. The quantitative estimate of drug-likeness (QED) is 0.162. The van der Waals surface area contributed by atoms with Crippen LogP contribution in [-0.4, -0.2) is 24.1 Å². The minimum Gasteiger partial charge on any atom is -0.309 e. The molecule has 0 atom stereocenters. The maximum absolute atomic E-state index is 5.41. The summed E-state index contributed by atoms with van der Waals surface area (Å²) < 4.78 is 4.49. The molecule has 0 N–H and O–H groups in total. The number of fused-ring (bicyclic) bond motifs is 6. The molecular weight excluding hydrogens is 755 g/mol. The van der Waals surface area contributed by atoms with Gasteiger partial charge in [-0.1, -0.05) is 182 Å². The Bertz CT molecular complexity index is 3560. The van der Waals surface area contributed by atoms with E-state index in [-0.39, 0.29) is 0 Å². The van der Waals surface area contributed by atoms with Crippen molar-refractivity contribution in [3.8, 4) is 73.2 Å². The minimum absolute atomic E-state index is 0.661. The molecule has 5 nitrogen and oxygen atoms in total. The average Bonchev–Trinajstić information content (AvgIpc) is 3.92. The smallest absolute Gasteiger partial charge is 0.160 e. The van der Waals surface area contributed by atoms with Crippen LogP contribution in [0.4, 0.5) is 0 Å². The van der Waals surface area contributed by atoms with Gasteiger partial charge in [-0.05, 0) is 53.4 Å². The highest BCUT2D eigenvalue weighted by atomic mass is 15.2. The number of hydrogen-bond donors (Lipinski definition) is 0. The van der Waals surface area contributed by atoms with Gasteiger partial charge in [-0.15, -0.1) is 0 Å². The van der Waals surface area contributed by atoms with E-state index in [1.165, 1.54) is 21.8 Å². The van der Waals surface area contributed by atoms with Gasteiger partial charge < -0.3 is 4.57 Å².